The summed E-state index contributed by atoms with van der Waals surface area (Å²) in [5, 5.41) is 0. The van der Waals surface area contributed by atoms with Gasteiger partial charge < -0.3 is 15.4 Å². The van der Waals surface area contributed by atoms with Crippen LogP contribution in [0.4, 0.5) is 0 Å². The van der Waals surface area contributed by atoms with Crippen LogP contribution in [-0.4, -0.2) is 79.4 Å². The number of rotatable bonds is 6. The van der Waals surface area contributed by atoms with Crippen molar-refractivity contribution in [2.45, 2.75) is 19.4 Å². The smallest absolute Gasteiger partial charge is 0.231 e. The highest BCUT2D eigenvalue weighted by Crippen LogP contribution is 2.22. The van der Waals surface area contributed by atoms with Gasteiger partial charge in [0.15, 0.2) is 0 Å². The van der Waals surface area contributed by atoms with Crippen molar-refractivity contribution in [2.24, 2.45) is 11.7 Å². The molecule has 2 aliphatic rings. The number of nitrogens with two attached hydrogens (primary N) is 1. The Morgan fingerprint density at radius 2 is 1.85 bits per heavy atom. The molecule has 148 valence electrons. The quantitative estimate of drug-likeness (QED) is 0.786. The van der Waals surface area contributed by atoms with E-state index in [1.807, 2.05) is 28.0 Å². The second-order valence-corrected chi connectivity index (χ2v) is 7.45. The maximum atomic E-state index is 12.9. The number of benzene rings is 1. The van der Waals surface area contributed by atoms with Gasteiger partial charge in [0.2, 0.25) is 11.8 Å². The normalized spacial score (nSPS) is 21.8. The summed E-state index contributed by atoms with van der Waals surface area (Å²) in [7, 11) is 1.70. The van der Waals surface area contributed by atoms with Crippen LogP contribution in [0.2, 0.25) is 0 Å². The molecule has 7 heteroatoms. The minimum absolute atomic E-state index is 0.0149. The van der Waals surface area contributed by atoms with Crippen molar-refractivity contribution in [3.63, 3.8) is 0 Å². The average Bonchev–Trinajstić information content (AvgIpc) is 2.68. The lowest BCUT2D eigenvalue weighted by atomic mass is 9.96. The van der Waals surface area contributed by atoms with Crippen LogP contribution in [0, 0.1) is 5.92 Å². The summed E-state index contributed by atoms with van der Waals surface area (Å²) in [4.78, 5) is 30.4. The standard InChI is InChI=1S/C20H30N4O3/c1-27-18-7-3-2-5-16(18)13-22-9-11-24(12-10-22)20(26)17-6-4-8-23(14-17)15-19(21)25/h2-3,5,7,17H,4,6,8-15H2,1H3,(H2,21,25)/t17-/m0/s1. The summed E-state index contributed by atoms with van der Waals surface area (Å²) in [5.41, 5.74) is 6.47. The van der Waals surface area contributed by atoms with Crippen molar-refractivity contribution in [3.05, 3.63) is 29.8 Å². The van der Waals surface area contributed by atoms with E-state index in [0.717, 1.165) is 57.9 Å². The van der Waals surface area contributed by atoms with Gasteiger partial charge in [-0.3, -0.25) is 19.4 Å². The lowest BCUT2D eigenvalue weighted by molar-refractivity contribution is -0.139. The van der Waals surface area contributed by atoms with E-state index in [-0.39, 0.29) is 24.3 Å². The number of para-hydroxylation sites is 1. The SMILES string of the molecule is COc1ccccc1CN1CCN(C(=O)[C@H]2CCCN(CC(N)=O)C2)CC1. The molecule has 2 amide bonds. The topological polar surface area (TPSA) is 79.1 Å². The summed E-state index contributed by atoms with van der Waals surface area (Å²) in [6.07, 6.45) is 1.84. The Kier molecular flexibility index (Phi) is 6.68. The Hall–Kier alpha value is -2.12. The van der Waals surface area contributed by atoms with Crippen molar-refractivity contribution in [1.82, 2.24) is 14.7 Å². The van der Waals surface area contributed by atoms with Crippen LogP contribution >= 0.6 is 0 Å². The Morgan fingerprint density at radius 3 is 2.56 bits per heavy atom. The molecule has 0 unspecified atom stereocenters. The fourth-order valence-electron chi connectivity index (χ4n) is 4.08. The van der Waals surface area contributed by atoms with Crippen LogP contribution < -0.4 is 10.5 Å². The number of nitrogens with zero attached hydrogens (tertiary/aromatic N) is 3. The molecular formula is C20H30N4O3. The van der Waals surface area contributed by atoms with Crippen LogP contribution in [0.1, 0.15) is 18.4 Å². The summed E-state index contributed by atoms with van der Waals surface area (Å²) in [6.45, 7) is 5.80. The van der Waals surface area contributed by atoms with Crippen LogP contribution in [0.5, 0.6) is 5.75 Å². The maximum Gasteiger partial charge on any atom is 0.231 e. The van der Waals surface area contributed by atoms with Gasteiger partial charge in [0.05, 0.1) is 19.6 Å². The molecule has 1 aromatic carbocycles. The van der Waals surface area contributed by atoms with Crippen molar-refractivity contribution < 1.29 is 14.3 Å². The number of primary amides is 1. The molecule has 2 heterocycles. The summed E-state index contributed by atoms with van der Waals surface area (Å²) in [6, 6.07) is 8.07. The highest BCUT2D eigenvalue weighted by molar-refractivity contribution is 5.80. The number of piperazine rings is 1. The second kappa shape index (κ2) is 9.19. The Morgan fingerprint density at radius 1 is 1.11 bits per heavy atom. The summed E-state index contributed by atoms with van der Waals surface area (Å²) >= 11 is 0. The number of hydrogen-bond donors (Lipinski definition) is 1. The molecule has 0 saturated carbocycles. The molecule has 2 aliphatic heterocycles. The molecule has 0 aliphatic carbocycles. The number of piperidine rings is 1. The zero-order valence-corrected chi connectivity index (χ0v) is 16.1. The highest BCUT2D eigenvalue weighted by atomic mass is 16.5. The molecule has 2 fully saturated rings. The fourth-order valence-corrected chi connectivity index (χ4v) is 4.08. The number of likely N-dealkylation sites (tertiary alicyclic amines) is 1. The van der Waals surface area contributed by atoms with Gasteiger partial charge in [0.1, 0.15) is 5.75 Å². The van der Waals surface area contributed by atoms with E-state index in [4.69, 9.17) is 10.5 Å². The predicted molar refractivity (Wildman–Crippen MR) is 103 cm³/mol. The van der Waals surface area contributed by atoms with E-state index in [9.17, 15) is 9.59 Å². The zero-order chi connectivity index (χ0) is 19.2. The first-order valence-corrected chi connectivity index (χ1v) is 9.70. The van der Waals surface area contributed by atoms with Gasteiger partial charge in [0, 0.05) is 44.8 Å². The summed E-state index contributed by atoms with van der Waals surface area (Å²) in [5.74, 6) is 0.792. The third-order valence-electron chi connectivity index (χ3n) is 5.50. The second-order valence-electron chi connectivity index (χ2n) is 7.45. The van der Waals surface area contributed by atoms with Crippen molar-refractivity contribution in [2.75, 3.05) is 52.9 Å². The number of methoxy groups -OCH3 is 1. The van der Waals surface area contributed by atoms with Crippen molar-refractivity contribution >= 4 is 11.8 Å². The minimum Gasteiger partial charge on any atom is -0.496 e. The average molecular weight is 374 g/mol. The van der Waals surface area contributed by atoms with Gasteiger partial charge in [-0.25, -0.2) is 0 Å². The van der Waals surface area contributed by atoms with E-state index in [1.54, 1.807) is 7.11 Å². The molecule has 0 aromatic heterocycles. The molecule has 7 nitrogen and oxygen atoms in total. The minimum atomic E-state index is -0.326. The van der Waals surface area contributed by atoms with Gasteiger partial charge in [0.25, 0.3) is 0 Å². The molecule has 0 radical (unpaired) electrons. The maximum absolute atomic E-state index is 12.9. The van der Waals surface area contributed by atoms with Crippen LogP contribution in [-0.2, 0) is 16.1 Å². The van der Waals surface area contributed by atoms with E-state index >= 15 is 0 Å². The Bertz CT molecular complexity index is 658. The first kappa shape index (κ1) is 19.6. The summed E-state index contributed by atoms with van der Waals surface area (Å²) < 4.78 is 5.43. The number of carbonyl (C=O) groups is 2. The molecule has 3 rings (SSSR count). The van der Waals surface area contributed by atoms with Gasteiger partial charge >= 0.3 is 0 Å². The third kappa shape index (κ3) is 5.20. The van der Waals surface area contributed by atoms with E-state index in [2.05, 4.69) is 11.0 Å². The van der Waals surface area contributed by atoms with Gasteiger partial charge in [-0.1, -0.05) is 18.2 Å². The van der Waals surface area contributed by atoms with E-state index in [0.29, 0.717) is 6.54 Å². The first-order valence-electron chi connectivity index (χ1n) is 9.70. The lowest BCUT2D eigenvalue weighted by Gasteiger charge is -2.39. The van der Waals surface area contributed by atoms with Crippen LogP contribution in [0.3, 0.4) is 0 Å². The van der Waals surface area contributed by atoms with Gasteiger partial charge in [-0.05, 0) is 25.5 Å². The number of carbonyl (C=O) groups excluding carboxylic acids is 2. The first-order chi connectivity index (χ1) is 13.1. The van der Waals surface area contributed by atoms with Gasteiger partial charge in [-0.2, -0.15) is 0 Å². The molecule has 0 bridgehead atoms. The molecule has 27 heavy (non-hydrogen) atoms. The predicted octanol–water partition coefficient (Wildman–Crippen LogP) is 0.537. The van der Waals surface area contributed by atoms with E-state index < -0.39 is 0 Å². The highest BCUT2D eigenvalue weighted by Gasteiger charge is 2.31. The number of amides is 2. The van der Waals surface area contributed by atoms with Crippen LogP contribution in [0.15, 0.2) is 24.3 Å². The monoisotopic (exact) mass is 374 g/mol. The Labute approximate surface area is 161 Å². The molecule has 2 N–H and O–H groups in total. The van der Waals surface area contributed by atoms with Crippen LogP contribution in [0.25, 0.3) is 0 Å². The van der Waals surface area contributed by atoms with Crippen molar-refractivity contribution in [3.8, 4) is 5.75 Å². The zero-order valence-electron chi connectivity index (χ0n) is 16.1. The fraction of sp³-hybridized carbons (Fsp3) is 0.600. The Balaban J connectivity index is 1.49. The molecule has 1 atom stereocenters. The largest absolute Gasteiger partial charge is 0.496 e. The molecule has 0 spiro atoms. The van der Waals surface area contributed by atoms with E-state index in [1.165, 1.54) is 5.56 Å². The number of hydrogen-bond acceptors (Lipinski definition) is 5. The lowest BCUT2D eigenvalue weighted by Crippen LogP contribution is -2.52. The molecule has 1 aromatic rings. The van der Waals surface area contributed by atoms with Gasteiger partial charge in [-0.15, -0.1) is 0 Å². The number of ether oxygens (including phenoxy) is 1. The molecular weight excluding hydrogens is 344 g/mol. The van der Waals surface area contributed by atoms with Crippen molar-refractivity contribution in [1.29, 1.82) is 0 Å². The molecule has 2 saturated heterocycles. The third-order valence-corrected chi connectivity index (χ3v) is 5.50.